The predicted octanol–water partition coefficient (Wildman–Crippen LogP) is 5.46. The zero-order valence-corrected chi connectivity index (χ0v) is 20.9. The van der Waals surface area contributed by atoms with Gasteiger partial charge < -0.3 is 19.9 Å². The Morgan fingerprint density at radius 2 is 1.65 bits per heavy atom. The Hall–Kier alpha value is -3.16. The van der Waals surface area contributed by atoms with Gasteiger partial charge in [-0.25, -0.2) is 4.79 Å². The van der Waals surface area contributed by atoms with E-state index in [9.17, 15) is 9.59 Å². The number of benzene rings is 2. The molecular weight excluding hydrogens is 446 g/mol. The van der Waals surface area contributed by atoms with E-state index in [4.69, 9.17) is 4.74 Å². The summed E-state index contributed by atoms with van der Waals surface area (Å²) in [7, 11) is 1.63. The van der Waals surface area contributed by atoms with Crippen molar-refractivity contribution in [1.29, 1.82) is 0 Å². The fourth-order valence-electron chi connectivity index (χ4n) is 3.74. The summed E-state index contributed by atoms with van der Waals surface area (Å²) in [5.74, 6) is -0.0914. The van der Waals surface area contributed by atoms with Crippen molar-refractivity contribution in [3.63, 3.8) is 0 Å². The number of carbonyl (C=O) groups excluding carboxylic acids is 2. The number of urea groups is 1. The molecule has 0 aliphatic heterocycles. The number of para-hydroxylation sites is 1. The number of nitrogens with one attached hydrogen (secondary N) is 1. The van der Waals surface area contributed by atoms with Crippen molar-refractivity contribution < 1.29 is 14.3 Å². The van der Waals surface area contributed by atoms with Gasteiger partial charge in [-0.1, -0.05) is 54.6 Å². The minimum absolute atomic E-state index is 0.00130. The van der Waals surface area contributed by atoms with E-state index in [0.29, 0.717) is 32.7 Å². The number of anilines is 1. The first-order valence-corrected chi connectivity index (χ1v) is 12.3. The van der Waals surface area contributed by atoms with Crippen LogP contribution >= 0.6 is 11.3 Å². The first-order valence-electron chi connectivity index (χ1n) is 11.4. The highest BCUT2D eigenvalue weighted by atomic mass is 32.1. The lowest BCUT2D eigenvalue weighted by Gasteiger charge is -2.28. The van der Waals surface area contributed by atoms with Crippen LogP contribution in [0.3, 0.4) is 0 Å². The molecule has 1 heterocycles. The van der Waals surface area contributed by atoms with Crippen LogP contribution in [0.1, 0.15) is 28.0 Å². The molecule has 0 unspecified atom stereocenters. The van der Waals surface area contributed by atoms with Gasteiger partial charge in [-0.2, -0.15) is 0 Å². The number of hydrogen-bond donors (Lipinski definition) is 1. The molecule has 180 valence electrons. The summed E-state index contributed by atoms with van der Waals surface area (Å²) in [5, 5.41) is 5.03. The van der Waals surface area contributed by atoms with Gasteiger partial charge in [0, 0.05) is 37.4 Å². The lowest BCUT2D eigenvalue weighted by Crippen LogP contribution is -2.44. The number of thiophene rings is 1. The Morgan fingerprint density at radius 3 is 2.29 bits per heavy atom. The number of amides is 3. The third-order valence-electron chi connectivity index (χ3n) is 5.60. The molecular formula is C27H33N3O3S. The lowest BCUT2D eigenvalue weighted by atomic mass is 10.1. The third-order valence-corrected chi connectivity index (χ3v) is 6.46. The molecule has 1 N–H and O–H groups in total. The quantitative estimate of drug-likeness (QED) is 0.371. The molecule has 0 spiro atoms. The molecule has 0 atom stereocenters. The normalized spacial score (nSPS) is 10.7. The van der Waals surface area contributed by atoms with Crippen molar-refractivity contribution in [3.8, 4) is 0 Å². The second-order valence-corrected chi connectivity index (χ2v) is 9.31. The summed E-state index contributed by atoms with van der Waals surface area (Å²) in [6, 6.07) is 19.6. The highest BCUT2D eigenvalue weighted by molar-refractivity contribution is 7.09. The third kappa shape index (κ3) is 7.43. The number of carbonyl (C=O) groups is 2. The van der Waals surface area contributed by atoms with Gasteiger partial charge in [-0.15, -0.1) is 11.3 Å². The van der Waals surface area contributed by atoms with E-state index in [2.05, 4.69) is 5.32 Å². The van der Waals surface area contributed by atoms with Crippen LogP contribution in [0.4, 0.5) is 10.5 Å². The Labute approximate surface area is 206 Å². The average Bonchev–Trinajstić information content (AvgIpc) is 3.34. The van der Waals surface area contributed by atoms with Gasteiger partial charge in [-0.3, -0.25) is 4.79 Å². The number of rotatable bonds is 11. The van der Waals surface area contributed by atoms with E-state index in [-0.39, 0.29) is 18.5 Å². The zero-order valence-electron chi connectivity index (χ0n) is 20.1. The van der Waals surface area contributed by atoms with E-state index >= 15 is 0 Å². The topological polar surface area (TPSA) is 61.9 Å². The van der Waals surface area contributed by atoms with Gasteiger partial charge in [-0.05, 0) is 48.4 Å². The van der Waals surface area contributed by atoms with E-state index in [1.54, 1.807) is 23.3 Å². The molecule has 0 bridgehead atoms. The van der Waals surface area contributed by atoms with Crippen molar-refractivity contribution in [2.75, 3.05) is 32.1 Å². The van der Waals surface area contributed by atoms with Crippen molar-refractivity contribution >= 4 is 29.0 Å². The van der Waals surface area contributed by atoms with Crippen molar-refractivity contribution in [2.45, 2.75) is 33.4 Å². The fourth-order valence-corrected chi connectivity index (χ4v) is 4.46. The zero-order chi connectivity index (χ0) is 24.3. The summed E-state index contributed by atoms with van der Waals surface area (Å²) in [6.45, 7) is 5.87. The predicted molar refractivity (Wildman–Crippen MR) is 138 cm³/mol. The highest BCUT2D eigenvalue weighted by Crippen LogP contribution is 2.20. The maximum atomic E-state index is 13.5. The summed E-state index contributed by atoms with van der Waals surface area (Å²) < 4.78 is 5.18. The molecule has 0 aliphatic rings. The van der Waals surface area contributed by atoms with Gasteiger partial charge in [0.2, 0.25) is 5.91 Å². The fraction of sp³-hybridized carbons (Fsp3) is 0.333. The van der Waals surface area contributed by atoms with Crippen LogP contribution < -0.4 is 5.32 Å². The second-order valence-electron chi connectivity index (χ2n) is 8.28. The Morgan fingerprint density at radius 1 is 0.912 bits per heavy atom. The van der Waals surface area contributed by atoms with Gasteiger partial charge in [0.05, 0.1) is 6.54 Å². The van der Waals surface area contributed by atoms with Crippen LogP contribution in [0, 0.1) is 13.8 Å². The van der Waals surface area contributed by atoms with E-state index in [1.807, 2.05) is 84.8 Å². The summed E-state index contributed by atoms with van der Waals surface area (Å²) in [6.07, 6.45) is 0.646. The summed E-state index contributed by atoms with van der Waals surface area (Å²) in [4.78, 5) is 31.2. The number of methoxy groups -OCH3 is 1. The molecule has 34 heavy (non-hydrogen) atoms. The summed E-state index contributed by atoms with van der Waals surface area (Å²) in [5.41, 5.74) is 3.81. The number of aryl methyl sites for hydroxylation is 2. The molecule has 3 amide bonds. The molecule has 3 rings (SSSR count). The van der Waals surface area contributed by atoms with Crippen LogP contribution in [0.5, 0.6) is 0 Å². The minimum Gasteiger partial charge on any atom is -0.385 e. The van der Waals surface area contributed by atoms with Crippen molar-refractivity contribution in [3.05, 3.63) is 87.6 Å². The monoisotopic (exact) mass is 479 g/mol. The highest BCUT2D eigenvalue weighted by Gasteiger charge is 2.23. The summed E-state index contributed by atoms with van der Waals surface area (Å²) >= 11 is 1.62. The molecule has 0 radical (unpaired) electrons. The molecule has 6 nitrogen and oxygen atoms in total. The van der Waals surface area contributed by atoms with Gasteiger partial charge >= 0.3 is 6.03 Å². The molecule has 0 aliphatic carbocycles. The Kier molecular flexibility index (Phi) is 9.67. The van der Waals surface area contributed by atoms with Crippen LogP contribution in [0.25, 0.3) is 0 Å². The number of hydrogen-bond acceptors (Lipinski definition) is 4. The van der Waals surface area contributed by atoms with E-state index in [1.165, 1.54) is 0 Å². The smallest absolute Gasteiger partial charge is 0.322 e. The Balaban J connectivity index is 1.77. The molecule has 3 aromatic rings. The standard InChI is InChI=1S/C27H33N3O3S/c1-21-10-7-11-22(2)26(21)28-27(32)29(15-9-16-33-3)20-25(31)30(19-24-14-8-17-34-24)18-23-12-5-4-6-13-23/h4-8,10-14,17H,9,15-16,18-20H2,1-3H3,(H,28,32). The van der Waals surface area contributed by atoms with Crippen molar-refractivity contribution in [1.82, 2.24) is 9.80 Å². The number of ether oxygens (including phenoxy) is 1. The van der Waals surface area contributed by atoms with Crippen molar-refractivity contribution in [2.24, 2.45) is 0 Å². The lowest BCUT2D eigenvalue weighted by molar-refractivity contribution is -0.133. The van der Waals surface area contributed by atoms with Crippen LogP contribution in [-0.2, 0) is 22.6 Å². The van der Waals surface area contributed by atoms with Gasteiger partial charge in [0.15, 0.2) is 0 Å². The molecule has 0 saturated heterocycles. The minimum atomic E-state index is -0.280. The van der Waals surface area contributed by atoms with Gasteiger partial charge in [0.1, 0.15) is 6.54 Å². The molecule has 2 aromatic carbocycles. The van der Waals surface area contributed by atoms with Crippen LogP contribution in [0.15, 0.2) is 66.0 Å². The maximum absolute atomic E-state index is 13.5. The molecule has 0 fully saturated rings. The number of nitrogens with zero attached hydrogens (tertiary/aromatic N) is 2. The molecule has 0 saturated carbocycles. The van der Waals surface area contributed by atoms with Crippen LogP contribution in [0.2, 0.25) is 0 Å². The van der Waals surface area contributed by atoms with Crippen LogP contribution in [-0.4, -0.2) is 48.5 Å². The maximum Gasteiger partial charge on any atom is 0.322 e. The SMILES string of the molecule is COCCCN(CC(=O)N(Cc1ccccc1)Cc1cccs1)C(=O)Nc1c(C)cccc1C. The Bertz CT molecular complexity index is 1030. The second kappa shape index (κ2) is 12.9. The van der Waals surface area contributed by atoms with E-state index < -0.39 is 0 Å². The van der Waals surface area contributed by atoms with E-state index in [0.717, 1.165) is 27.3 Å². The van der Waals surface area contributed by atoms with Gasteiger partial charge in [0.25, 0.3) is 0 Å². The first-order chi connectivity index (χ1) is 16.5. The largest absolute Gasteiger partial charge is 0.385 e. The first kappa shape index (κ1) is 25.5. The molecule has 1 aromatic heterocycles. The average molecular weight is 480 g/mol. The molecule has 7 heteroatoms.